The summed E-state index contributed by atoms with van der Waals surface area (Å²) in [7, 11) is 1.56. The van der Waals surface area contributed by atoms with Gasteiger partial charge < -0.3 is 4.57 Å². The lowest BCUT2D eigenvalue weighted by Gasteiger charge is -2.01. The Hall–Kier alpha value is -2.76. The van der Waals surface area contributed by atoms with E-state index in [1.807, 2.05) is 0 Å². The molecule has 6 heteroatoms. The smallest absolute Gasteiger partial charge is 0.276 e. The van der Waals surface area contributed by atoms with E-state index in [4.69, 9.17) is 0 Å². The zero-order valence-electron chi connectivity index (χ0n) is 10.7. The quantitative estimate of drug-likeness (QED) is 0.676. The molecule has 0 saturated heterocycles. The molecule has 0 saturated carbocycles. The van der Waals surface area contributed by atoms with Gasteiger partial charge in [0.05, 0.1) is 6.21 Å². The molecule has 1 amide bonds. The lowest BCUT2D eigenvalue weighted by molar-refractivity contribution is 0.0953. The van der Waals surface area contributed by atoms with Gasteiger partial charge >= 0.3 is 0 Å². The van der Waals surface area contributed by atoms with Crippen LogP contribution in [0.3, 0.4) is 0 Å². The summed E-state index contributed by atoms with van der Waals surface area (Å²) in [5, 5.41) is 3.72. The number of amides is 1. The highest BCUT2D eigenvalue weighted by molar-refractivity contribution is 5.94. The maximum absolute atomic E-state index is 12.7. The first-order valence-corrected chi connectivity index (χ1v) is 5.82. The van der Waals surface area contributed by atoms with Crippen LogP contribution in [-0.2, 0) is 7.05 Å². The van der Waals surface area contributed by atoms with E-state index in [0.29, 0.717) is 5.56 Å². The first-order chi connectivity index (χ1) is 9.58. The van der Waals surface area contributed by atoms with Gasteiger partial charge in [-0.25, -0.2) is 9.82 Å². The van der Waals surface area contributed by atoms with Crippen molar-refractivity contribution in [3.05, 3.63) is 69.9 Å². The zero-order chi connectivity index (χ0) is 14.5. The fraction of sp³-hybridized carbons (Fsp3) is 0.0714. The average Bonchev–Trinajstić information content (AvgIpc) is 2.44. The van der Waals surface area contributed by atoms with Gasteiger partial charge in [0.1, 0.15) is 11.4 Å². The number of hydrogen-bond donors (Lipinski definition) is 1. The average molecular weight is 273 g/mol. The predicted molar refractivity (Wildman–Crippen MR) is 73.1 cm³/mol. The molecule has 2 aromatic rings. The third-order valence-electron chi connectivity index (χ3n) is 2.62. The number of pyridine rings is 1. The van der Waals surface area contributed by atoms with E-state index in [0.717, 1.165) is 0 Å². The summed E-state index contributed by atoms with van der Waals surface area (Å²) in [5.41, 5.74) is 2.49. The topological polar surface area (TPSA) is 63.5 Å². The Bertz CT molecular complexity index is 705. The molecule has 0 fully saturated rings. The molecule has 1 aromatic carbocycles. The Morgan fingerprint density at radius 1 is 1.30 bits per heavy atom. The molecule has 0 aliphatic heterocycles. The summed E-state index contributed by atoms with van der Waals surface area (Å²) in [6.07, 6.45) is 2.92. The van der Waals surface area contributed by atoms with Gasteiger partial charge in [0.15, 0.2) is 0 Å². The Kier molecular flexibility index (Phi) is 4.05. The summed E-state index contributed by atoms with van der Waals surface area (Å²) in [5.74, 6) is -0.941. The van der Waals surface area contributed by atoms with E-state index in [1.54, 1.807) is 19.3 Å². The van der Waals surface area contributed by atoms with Crippen molar-refractivity contribution in [1.29, 1.82) is 0 Å². The standard InChI is InChI=1S/C14H12FN3O2/c1-18-8-2-3-12(14(18)20)13(19)17-16-9-10-4-6-11(15)7-5-10/h2-9H,1H3,(H,17,19)/b16-9-. The van der Waals surface area contributed by atoms with Crippen LogP contribution in [0.5, 0.6) is 0 Å². The first kappa shape index (κ1) is 13.7. The van der Waals surface area contributed by atoms with Crippen molar-refractivity contribution >= 4 is 12.1 Å². The second-order valence-corrected chi connectivity index (χ2v) is 4.09. The van der Waals surface area contributed by atoms with E-state index < -0.39 is 11.5 Å². The van der Waals surface area contributed by atoms with Crippen molar-refractivity contribution < 1.29 is 9.18 Å². The van der Waals surface area contributed by atoms with Gasteiger partial charge in [-0.05, 0) is 29.8 Å². The maximum Gasteiger partial charge on any atom is 0.276 e. The van der Waals surface area contributed by atoms with Crippen LogP contribution < -0.4 is 11.0 Å². The Morgan fingerprint density at radius 3 is 2.70 bits per heavy atom. The molecule has 5 nitrogen and oxygen atoms in total. The van der Waals surface area contributed by atoms with Crippen LogP contribution in [0.1, 0.15) is 15.9 Å². The molecule has 0 aliphatic rings. The van der Waals surface area contributed by atoms with Gasteiger partial charge in [-0.2, -0.15) is 5.10 Å². The minimum atomic E-state index is -0.593. The molecule has 20 heavy (non-hydrogen) atoms. The van der Waals surface area contributed by atoms with Crippen LogP contribution in [0.2, 0.25) is 0 Å². The summed E-state index contributed by atoms with van der Waals surface area (Å²) < 4.78 is 14.0. The number of halogens is 1. The highest BCUT2D eigenvalue weighted by Gasteiger charge is 2.09. The summed E-state index contributed by atoms with van der Waals surface area (Å²) in [4.78, 5) is 23.5. The molecule has 0 atom stereocenters. The SMILES string of the molecule is Cn1cccc(C(=O)N/N=C\c2ccc(F)cc2)c1=O. The number of hydrazone groups is 1. The second-order valence-electron chi connectivity index (χ2n) is 4.09. The van der Waals surface area contributed by atoms with E-state index >= 15 is 0 Å². The van der Waals surface area contributed by atoms with Crippen molar-refractivity contribution in [3.8, 4) is 0 Å². The monoisotopic (exact) mass is 273 g/mol. The van der Waals surface area contributed by atoms with Gasteiger partial charge in [0, 0.05) is 13.2 Å². The molecule has 1 heterocycles. The van der Waals surface area contributed by atoms with Crippen LogP contribution in [0.4, 0.5) is 4.39 Å². The fourth-order valence-corrected chi connectivity index (χ4v) is 1.54. The van der Waals surface area contributed by atoms with E-state index in [9.17, 15) is 14.0 Å². The van der Waals surface area contributed by atoms with Gasteiger partial charge in [-0.3, -0.25) is 9.59 Å². The van der Waals surface area contributed by atoms with Crippen LogP contribution in [0, 0.1) is 5.82 Å². The molecule has 2 rings (SSSR count). The van der Waals surface area contributed by atoms with Gasteiger partial charge in [-0.1, -0.05) is 12.1 Å². The number of carbonyl (C=O) groups is 1. The second kappa shape index (κ2) is 5.92. The van der Waals surface area contributed by atoms with Crippen molar-refractivity contribution in [2.45, 2.75) is 0 Å². The van der Waals surface area contributed by atoms with Crippen LogP contribution >= 0.6 is 0 Å². The normalized spacial score (nSPS) is 10.7. The van der Waals surface area contributed by atoms with E-state index in [1.165, 1.54) is 41.1 Å². The number of carbonyl (C=O) groups excluding carboxylic acids is 1. The fourth-order valence-electron chi connectivity index (χ4n) is 1.54. The summed E-state index contributed by atoms with van der Waals surface area (Å²) in [6, 6.07) is 8.64. The van der Waals surface area contributed by atoms with Crippen LogP contribution in [-0.4, -0.2) is 16.7 Å². The summed E-state index contributed by atoms with van der Waals surface area (Å²) >= 11 is 0. The zero-order valence-corrected chi connectivity index (χ0v) is 10.7. The van der Waals surface area contributed by atoms with Gasteiger partial charge in [0.25, 0.3) is 11.5 Å². The number of nitrogens with one attached hydrogen (secondary N) is 1. The number of benzene rings is 1. The molecule has 1 N–H and O–H groups in total. The lowest BCUT2D eigenvalue weighted by atomic mass is 10.2. The third-order valence-corrected chi connectivity index (χ3v) is 2.62. The Balaban J connectivity index is 2.07. The molecule has 0 radical (unpaired) electrons. The number of hydrogen-bond acceptors (Lipinski definition) is 3. The van der Waals surface area contributed by atoms with Crippen molar-refractivity contribution in [1.82, 2.24) is 9.99 Å². The van der Waals surface area contributed by atoms with Crippen LogP contribution in [0.25, 0.3) is 0 Å². The molecule has 1 aromatic heterocycles. The van der Waals surface area contributed by atoms with Gasteiger partial charge in [0.2, 0.25) is 0 Å². The molecular formula is C14H12FN3O2. The molecule has 102 valence electrons. The number of aromatic nitrogens is 1. The lowest BCUT2D eigenvalue weighted by Crippen LogP contribution is -2.29. The predicted octanol–water partition coefficient (Wildman–Crippen LogP) is 1.29. The van der Waals surface area contributed by atoms with Gasteiger partial charge in [-0.15, -0.1) is 0 Å². The highest BCUT2D eigenvalue weighted by atomic mass is 19.1. The Labute approximate surface area is 114 Å². The van der Waals surface area contributed by atoms with Crippen molar-refractivity contribution in [2.24, 2.45) is 12.1 Å². The molecule has 0 spiro atoms. The molecular weight excluding hydrogens is 261 g/mol. The molecule has 0 aliphatic carbocycles. The third kappa shape index (κ3) is 3.17. The van der Waals surface area contributed by atoms with E-state index in [2.05, 4.69) is 10.5 Å². The maximum atomic E-state index is 12.7. The number of aryl methyl sites for hydroxylation is 1. The minimum absolute atomic E-state index is 0.00579. The molecule has 0 bridgehead atoms. The first-order valence-electron chi connectivity index (χ1n) is 5.82. The van der Waals surface area contributed by atoms with Crippen molar-refractivity contribution in [2.75, 3.05) is 0 Å². The molecule has 0 unspecified atom stereocenters. The van der Waals surface area contributed by atoms with E-state index in [-0.39, 0.29) is 11.4 Å². The minimum Gasteiger partial charge on any atom is -0.318 e. The van der Waals surface area contributed by atoms with Crippen LogP contribution in [0.15, 0.2) is 52.5 Å². The number of rotatable bonds is 3. The highest BCUT2D eigenvalue weighted by Crippen LogP contribution is 1.99. The Morgan fingerprint density at radius 2 is 2.00 bits per heavy atom. The number of nitrogens with zero attached hydrogens (tertiary/aromatic N) is 2. The largest absolute Gasteiger partial charge is 0.318 e. The summed E-state index contributed by atoms with van der Waals surface area (Å²) in [6.45, 7) is 0. The van der Waals surface area contributed by atoms with Crippen molar-refractivity contribution in [3.63, 3.8) is 0 Å².